The van der Waals surface area contributed by atoms with Crippen molar-refractivity contribution in [2.45, 2.75) is 13.1 Å². The number of hydrogen-bond donors (Lipinski definition) is 1. The topological polar surface area (TPSA) is 20.7 Å². The van der Waals surface area contributed by atoms with Crippen molar-refractivity contribution in [1.29, 1.82) is 0 Å². The van der Waals surface area contributed by atoms with E-state index in [9.17, 15) is 13.2 Å². The molecule has 0 radical (unpaired) electrons. The van der Waals surface area contributed by atoms with Gasteiger partial charge in [0.2, 0.25) is 0 Å². The maximum absolute atomic E-state index is 12.7. The molecule has 18 heavy (non-hydrogen) atoms. The number of nitrogens with zero attached hydrogens (tertiary/aromatic N) is 1. The van der Waals surface area contributed by atoms with Gasteiger partial charge in [0.05, 0.1) is 5.69 Å². The molecule has 0 aliphatic carbocycles. The van der Waals surface area contributed by atoms with E-state index in [2.05, 4.69) is 5.10 Å². The largest absolute Gasteiger partial charge is 0.433 e. The molecule has 0 aliphatic heterocycles. The Hall–Kier alpha value is -1.27. The Bertz CT molecular complexity index is 642. The molecule has 0 saturated carbocycles. The Labute approximate surface area is 111 Å². The molecular weight excluding hydrogens is 285 g/mol. The van der Waals surface area contributed by atoms with Gasteiger partial charge in [0, 0.05) is 10.6 Å². The van der Waals surface area contributed by atoms with Crippen molar-refractivity contribution < 1.29 is 13.2 Å². The summed E-state index contributed by atoms with van der Waals surface area (Å²) < 4.78 is 39.4. The quantitative estimate of drug-likeness (QED) is 0.767. The third kappa shape index (κ3) is 2.30. The summed E-state index contributed by atoms with van der Waals surface area (Å²) >= 11 is 10.8. The van der Waals surface area contributed by atoms with Crippen LogP contribution in [0, 0.1) is 11.6 Å². The number of aromatic amines is 1. The van der Waals surface area contributed by atoms with Gasteiger partial charge in [-0.15, -0.1) is 0 Å². The average molecular weight is 293 g/mol. The van der Waals surface area contributed by atoms with Crippen LogP contribution in [0.3, 0.4) is 0 Å². The van der Waals surface area contributed by atoms with E-state index in [1.54, 1.807) is 18.2 Å². The highest BCUT2D eigenvalue weighted by Gasteiger charge is 2.35. The van der Waals surface area contributed by atoms with Crippen molar-refractivity contribution in [3.05, 3.63) is 45.2 Å². The van der Waals surface area contributed by atoms with Crippen LogP contribution in [-0.2, 0) is 6.18 Å². The van der Waals surface area contributed by atoms with Gasteiger partial charge in [-0.2, -0.15) is 13.2 Å². The fraction of sp³-hybridized carbons (Fsp3) is 0.182. The first-order valence-electron chi connectivity index (χ1n) is 4.95. The molecule has 2 nitrogen and oxygen atoms in total. The van der Waals surface area contributed by atoms with E-state index in [1.807, 2.05) is 0 Å². The smallest absolute Gasteiger partial charge is 0.288 e. The lowest BCUT2D eigenvalue weighted by atomic mass is 10.3. The van der Waals surface area contributed by atoms with Gasteiger partial charge in [-0.25, -0.2) is 4.68 Å². The highest BCUT2D eigenvalue weighted by atomic mass is 35.5. The monoisotopic (exact) mass is 292 g/mol. The summed E-state index contributed by atoms with van der Waals surface area (Å²) in [5.41, 5.74) is -0.379. The van der Waals surface area contributed by atoms with Gasteiger partial charge in [-0.1, -0.05) is 29.9 Å². The van der Waals surface area contributed by atoms with Crippen molar-refractivity contribution in [3.8, 4) is 5.69 Å². The van der Waals surface area contributed by atoms with Crippen LogP contribution in [0.5, 0.6) is 0 Å². The molecule has 1 heterocycles. The number of alkyl halides is 3. The minimum absolute atomic E-state index is 0.00234. The molecular formula is C11H8ClF3N2S. The first-order valence-corrected chi connectivity index (χ1v) is 5.74. The molecule has 2 aromatic rings. The molecule has 0 atom stereocenters. The second kappa shape index (κ2) is 4.44. The SMILES string of the molecule is Cc1c(C(F)(F)F)[nH]n(-c2cccc(Cl)c2)c1=S. The summed E-state index contributed by atoms with van der Waals surface area (Å²) in [6.45, 7) is 1.34. The van der Waals surface area contributed by atoms with Crippen molar-refractivity contribution in [2.24, 2.45) is 0 Å². The van der Waals surface area contributed by atoms with Gasteiger partial charge in [0.25, 0.3) is 0 Å². The molecule has 2 rings (SSSR count). The second-order valence-corrected chi connectivity index (χ2v) is 4.55. The molecule has 0 fully saturated rings. The normalized spacial score (nSPS) is 11.8. The third-order valence-corrected chi connectivity index (χ3v) is 3.20. The maximum atomic E-state index is 12.7. The van der Waals surface area contributed by atoms with Gasteiger partial charge in [-0.05, 0) is 25.1 Å². The molecule has 96 valence electrons. The summed E-state index contributed by atoms with van der Waals surface area (Å²) in [6.07, 6.45) is -4.46. The molecule has 0 aliphatic rings. The summed E-state index contributed by atoms with van der Waals surface area (Å²) in [4.78, 5) is 0. The lowest BCUT2D eigenvalue weighted by Crippen LogP contribution is -2.08. The Kier molecular flexibility index (Phi) is 3.25. The van der Waals surface area contributed by atoms with Crippen LogP contribution in [0.15, 0.2) is 24.3 Å². The van der Waals surface area contributed by atoms with E-state index in [4.69, 9.17) is 23.8 Å². The zero-order valence-corrected chi connectivity index (χ0v) is 10.7. The zero-order chi connectivity index (χ0) is 13.5. The number of H-pyrrole nitrogens is 1. The van der Waals surface area contributed by atoms with Gasteiger partial charge in [-0.3, -0.25) is 5.10 Å². The molecule has 1 aromatic carbocycles. The van der Waals surface area contributed by atoms with E-state index in [0.29, 0.717) is 10.7 Å². The van der Waals surface area contributed by atoms with Crippen LogP contribution in [0.1, 0.15) is 11.3 Å². The third-order valence-electron chi connectivity index (χ3n) is 2.47. The highest BCUT2D eigenvalue weighted by molar-refractivity contribution is 7.71. The number of benzene rings is 1. The minimum Gasteiger partial charge on any atom is -0.288 e. The Morgan fingerprint density at radius 1 is 1.33 bits per heavy atom. The number of aromatic nitrogens is 2. The fourth-order valence-electron chi connectivity index (χ4n) is 1.59. The Balaban J connectivity index is 2.64. The summed E-state index contributed by atoms with van der Waals surface area (Å²) in [7, 11) is 0. The molecule has 0 bridgehead atoms. The first kappa shape index (κ1) is 13.2. The number of hydrogen-bond acceptors (Lipinski definition) is 1. The van der Waals surface area contributed by atoms with Crippen molar-refractivity contribution >= 4 is 23.8 Å². The summed E-state index contributed by atoms with van der Waals surface area (Å²) in [6, 6.07) is 6.43. The first-order chi connectivity index (χ1) is 8.30. The predicted octanol–water partition coefficient (Wildman–Crippen LogP) is 4.52. The van der Waals surface area contributed by atoms with E-state index in [0.717, 1.165) is 0 Å². The highest BCUT2D eigenvalue weighted by Crippen LogP contribution is 2.31. The molecule has 1 N–H and O–H groups in total. The standard InChI is InChI=1S/C11H8ClF3N2S/c1-6-9(11(13,14)15)16-17(10(6)18)8-4-2-3-7(12)5-8/h2-5,16H,1H3. The number of halogens is 4. The van der Waals surface area contributed by atoms with E-state index in [-0.39, 0.29) is 10.2 Å². The van der Waals surface area contributed by atoms with Gasteiger partial charge < -0.3 is 0 Å². The molecule has 0 amide bonds. The molecule has 0 saturated heterocycles. The van der Waals surface area contributed by atoms with Gasteiger partial charge in [0.1, 0.15) is 10.3 Å². The van der Waals surface area contributed by atoms with E-state index >= 15 is 0 Å². The molecule has 0 spiro atoms. The van der Waals surface area contributed by atoms with Crippen molar-refractivity contribution in [2.75, 3.05) is 0 Å². The lowest BCUT2D eigenvalue weighted by Gasteiger charge is -2.05. The summed E-state index contributed by atoms with van der Waals surface area (Å²) in [5, 5.41) is 2.69. The average Bonchev–Trinajstić information content (AvgIpc) is 2.55. The minimum atomic E-state index is -4.46. The van der Waals surface area contributed by atoms with E-state index < -0.39 is 11.9 Å². The molecule has 7 heteroatoms. The van der Waals surface area contributed by atoms with Crippen LogP contribution in [-0.4, -0.2) is 9.78 Å². The van der Waals surface area contributed by atoms with Gasteiger partial charge in [0.15, 0.2) is 0 Å². The summed E-state index contributed by atoms with van der Waals surface area (Å²) in [5.74, 6) is 0. The van der Waals surface area contributed by atoms with Gasteiger partial charge >= 0.3 is 6.18 Å². The van der Waals surface area contributed by atoms with Crippen LogP contribution >= 0.6 is 23.8 Å². The number of nitrogens with one attached hydrogen (secondary N) is 1. The maximum Gasteiger partial charge on any atom is 0.433 e. The molecule has 0 unspecified atom stereocenters. The van der Waals surface area contributed by atoms with E-state index in [1.165, 1.54) is 17.7 Å². The van der Waals surface area contributed by atoms with Crippen LogP contribution < -0.4 is 0 Å². The number of rotatable bonds is 1. The Morgan fingerprint density at radius 3 is 2.50 bits per heavy atom. The fourth-order valence-corrected chi connectivity index (χ4v) is 2.03. The lowest BCUT2D eigenvalue weighted by molar-refractivity contribution is -0.141. The van der Waals surface area contributed by atoms with Crippen LogP contribution in [0.25, 0.3) is 5.69 Å². The van der Waals surface area contributed by atoms with Crippen LogP contribution in [0.2, 0.25) is 5.02 Å². The van der Waals surface area contributed by atoms with Crippen molar-refractivity contribution in [1.82, 2.24) is 9.78 Å². The van der Waals surface area contributed by atoms with Crippen molar-refractivity contribution in [3.63, 3.8) is 0 Å². The predicted molar refractivity (Wildman–Crippen MR) is 65.7 cm³/mol. The molecule has 1 aromatic heterocycles. The van der Waals surface area contributed by atoms with Crippen LogP contribution in [0.4, 0.5) is 13.2 Å². The second-order valence-electron chi connectivity index (χ2n) is 3.73. The Morgan fingerprint density at radius 2 is 2.00 bits per heavy atom. The zero-order valence-electron chi connectivity index (χ0n) is 9.18.